The van der Waals surface area contributed by atoms with Crippen molar-refractivity contribution in [2.75, 3.05) is 0 Å². The summed E-state index contributed by atoms with van der Waals surface area (Å²) in [4.78, 5) is 4.10. The van der Waals surface area contributed by atoms with Gasteiger partial charge in [-0.1, -0.05) is 0 Å². The molecule has 1 atom stereocenters. The lowest BCUT2D eigenvalue weighted by Crippen LogP contribution is -1.85. The molecule has 4 heteroatoms. The van der Waals surface area contributed by atoms with E-state index in [-0.39, 0.29) is 6.04 Å². The molecule has 2 rings (SSSR count). The zero-order chi connectivity index (χ0) is 7.84. The van der Waals surface area contributed by atoms with Gasteiger partial charge in [-0.2, -0.15) is 5.11 Å². The third-order valence-corrected chi connectivity index (χ3v) is 2.07. The highest BCUT2D eigenvalue weighted by atomic mass is 79.9. The van der Waals surface area contributed by atoms with Gasteiger partial charge in [0, 0.05) is 16.2 Å². The molecule has 2 heterocycles. The SMILES string of the molecule is C[C@H]1N=Nc2ncc(Br)cc21. The average Bonchev–Trinajstić information content (AvgIpc) is 2.33. The molecule has 56 valence electrons. The van der Waals surface area contributed by atoms with E-state index in [2.05, 4.69) is 31.1 Å². The van der Waals surface area contributed by atoms with E-state index in [9.17, 15) is 0 Å². The van der Waals surface area contributed by atoms with E-state index in [4.69, 9.17) is 0 Å². The van der Waals surface area contributed by atoms with Crippen molar-refractivity contribution in [1.29, 1.82) is 0 Å². The van der Waals surface area contributed by atoms with Crippen molar-refractivity contribution in [1.82, 2.24) is 4.98 Å². The number of fused-ring (bicyclic) bond motifs is 1. The standard InChI is InChI=1S/C7H6BrN3/c1-4-6-2-5(8)3-9-7(6)11-10-4/h2-4H,1H3/t4-/m1/s1. The second-order valence-electron chi connectivity index (χ2n) is 2.46. The topological polar surface area (TPSA) is 37.6 Å². The molecule has 3 nitrogen and oxygen atoms in total. The summed E-state index contributed by atoms with van der Waals surface area (Å²) in [5, 5.41) is 7.90. The van der Waals surface area contributed by atoms with Crippen molar-refractivity contribution in [2.45, 2.75) is 13.0 Å². The lowest BCUT2D eigenvalue weighted by atomic mass is 10.1. The fraction of sp³-hybridized carbons (Fsp3) is 0.286. The molecule has 0 saturated carbocycles. The molecule has 0 spiro atoms. The summed E-state index contributed by atoms with van der Waals surface area (Å²) in [6.07, 6.45) is 1.73. The smallest absolute Gasteiger partial charge is 0.179 e. The maximum atomic E-state index is 4.10. The zero-order valence-electron chi connectivity index (χ0n) is 5.95. The average molecular weight is 212 g/mol. The first kappa shape index (κ1) is 6.91. The van der Waals surface area contributed by atoms with Crippen LogP contribution in [0.3, 0.4) is 0 Å². The molecule has 1 aromatic heterocycles. The molecule has 0 N–H and O–H groups in total. The Hall–Kier alpha value is -0.770. The van der Waals surface area contributed by atoms with Crippen molar-refractivity contribution < 1.29 is 0 Å². The Kier molecular flexibility index (Phi) is 1.49. The van der Waals surface area contributed by atoms with E-state index >= 15 is 0 Å². The van der Waals surface area contributed by atoms with Gasteiger partial charge >= 0.3 is 0 Å². The number of pyridine rings is 1. The molecule has 0 aromatic carbocycles. The van der Waals surface area contributed by atoms with Crippen LogP contribution in [0, 0.1) is 0 Å². The van der Waals surface area contributed by atoms with Gasteiger partial charge in [-0.3, -0.25) is 0 Å². The van der Waals surface area contributed by atoms with Gasteiger partial charge in [-0.25, -0.2) is 4.98 Å². The number of hydrogen-bond donors (Lipinski definition) is 0. The Balaban J connectivity index is 2.58. The molecule has 0 amide bonds. The highest BCUT2D eigenvalue weighted by Gasteiger charge is 2.16. The van der Waals surface area contributed by atoms with Crippen LogP contribution in [-0.4, -0.2) is 4.98 Å². The van der Waals surface area contributed by atoms with Gasteiger partial charge in [0.1, 0.15) is 0 Å². The second kappa shape index (κ2) is 2.37. The molecular formula is C7H6BrN3. The van der Waals surface area contributed by atoms with Crippen molar-refractivity contribution >= 4 is 21.7 Å². The quantitative estimate of drug-likeness (QED) is 0.651. The first-order valence-corrected chi connectivity index (χ1v) is 4.13. The maximum absolute atomic E-state index is 4.10. The minimum absolute atomic E-state index is 0.162. The van der Waals surface area contributed by atoms with E-state index in [0.717, 1.165) is 15.9 Å². The van der Waals surface area contributed by atoms with Gasteiger partial charge in [-0.15, -0.1) is 5.11 Å². The zero-order valence-corrected chi connectivity index (χ0v) is 7.54. The number of aromatic nitrogens is 1. The van der Waals surface area contributed by atoms with Gasteiger partial charge in [0.15, 0.2) is 5.82 Å². The Morgan fingerprint density at radius 3 is 3.18 bits per heavy atom. The molecule has 0 radical (unpaired) electrons. The second-order valence-corrected chi connectivity index (χ2v) is 3.37. The number of azo groups is 1. The summed E-state index contributed by atoms with van der Waals surface area (Å²) in [5.74, 6) is 0.751. The van der Waals surface area contributed by atoms with E-state index in [1.165, 1.54) is 0 Å². The Labute approximate surface area is 72.7 Å². The first-order chi connectivity index (χ1) is 5.27. The van der Waals surface area contributed by atoms with Gasteiger partial charge < -0.3 is 0 Å². The van der Waals surface area contributed by atoms with E-state index in [1.807, 2.05) is 13.0 Å². The molecular weight excluding hydrogens is 206 g/mol. The van der Waals surface area contributed by atoms with Gasteiger partial charge in [0.25, 0.3) is 0 Å². The van der Waals surface area contributed by atoms with Crippen LogP contribution in [0.15, 0.2) is 27.0 Å². The monoisotopic (exact) mass is 211 g/mol. The lowest BCUT2D eigenvalue weighted by molar-refractivity contribution is 0.811. The summed E-state index contributed by atoms with van der Waals surface area (Å²) >= 11 is 3.35. The Morgan fingerprint density at radius 2 is 2.36 bits per heavy atom. The first-order valence-electron chi connectivity index (χ1n) is 3.33. The molecule has 0 aliphatic carbocycles. The van der Waals surface area contributed by atoms with E-state index < -0.39 is 0 Å². The van der Waals surface area contributed by atoms with Crippen LogP contribution >= 0.6 is 15.9 Å². The molecule has 1 aromatic rings. The Bertz CT molecular complexity index is 321. The fourth-order valence-corrected chi connectivity index (χ4v) is 1.39. The molecule has 1 aliphatic rings. The third kappa shape index (κ3) is 1.07. The number of hydrogen-bond acceptors (Lipinski definition) is 3. The number of nitrogens with zero attached hydrogens (tertiary/aromatic N) is 3. The molecule has 1 aliphatic heterocycles. The molecule has 0 fully saturated rings. The van der Waals surface area contributed by atoms with Crippen LogP contribution in [0.25, 0.3) is 0 Å². The highest BCUT2D eigenvalue weighted by molar-refractivity contribution is 9.10. The predicted octanol–water partition coefficient (Wildman–Crippen LogP) is 3.00. The summed E-state index contributed by atoms with van der Waals surface area (Å²) in [5.41, 5.74) is 1.10. The van der Waals surface area contributed by atoms with Crippen LogP contribution < -0.4 is 0 Å². The van der Waals surface area contributed by atoms with Crippen molar-refractivity contribution in [3.05, 3.63) is 22.3 Å². The van der Waals surface area contributed by atoms with E-state index in [1.54, 1.807) is 6.20 Å². The van der Waals surface area contributed by atoms with Gasteiger partial charge in [0.05, 0.1) is 6.04 Å². The largest absolute Gasteiger partial charge is 0.234 e. The molecule has 0 bridgehead atoms. The van der Waals surface area contributed by atoms with Crippen LogP contribution in [0.5, 0.6) is 0 Å². The van der Waals surface area contributed by atoms with Crippen LogP contribution in [0.2, 0.25) is 0 Å². The van der Waals surface area contributed by atoms with Crippen molar-refractivity contribution in [3.63, 3.8) is 0 Å². The van der Waals surface area contributed by atoms with Crippen LogP contribution in [0.1, 0.15) is 18.5 Å². The lowest BCUT2D eigenvalue weighted by Gasteiger charge is -1.98. The molecule has 0 unspecified atom stereocenters. The van der Waals surface area contributed by atoms with E-state index in [0.29, 0.717) is 0 Å². The number of rotatable bonds is 0. The fourth-order valence-electron chi connectivity index (χ4n) is 1.04. The Morgan fingerprint density at radius 1 is 1.55 bits per heavy atom. The van der Waals surface area contributed by atoms with Crippen LogP contribution in [0.4, 0.5) is 5.82 Å². The summed E-state index contributed by atoms with van der Waals surface area (Å²) in [6.45, 7) is 2.00. The maximum Gasteiger partial charge on any atom is 0.179 e. The van der Waals surface area contributed by atoms with Crippen LogP contribution in [-0.2, 0) is 0 Å². The minimum atomic E-state index is 0.162. The van der Waals surface area contributed by atoms with Crippen molar-refractivity contribution in [3.8, 4) is 0 Å². The molecule has 11 heavy (non-hydrogen) atoms. The minimum Gasteiger partial charge on any atom is -0.234 e. The normalized spacial score (nSPS) is 20.4. The predicted molar refractivity (Wildman–Crippen MR) is 44.9 cm³/mol. The van der Waals surface area contributed by atoms with Gasteiger partial charge in [-0.05, 0) is 28.9 Å². The summed E-state index contributed by atoms with van der Waals surface area (Å²) < 4.78 is 0.982. The van der Waals surface area contributed by atoms with Crippen molar-refractivity contribution in [2.24, 2.45) is 10.2 Å². The third-order valence-electron chi connectivity index (χ3n) is 1.64. The summed E-state index contributed by atoms with van der Waals surface area (Å²) in [6, 6.07) is 2.17. The molecule has 0 saturated heterocycles. The summed E-state index contributed by atoms with van der Waals surface area (Å²) in [7, 11) is 0. The highest BCUT2D eigenvalue weighted by Crippen LogP contribution is 2.34. The van der Waals surface area contributed by atoms with Gasteiger partial charge in [0.2, 0.25) is 0 Å². The number of halogens is 1.